The first-order valence-corrected chi connectivity index (χ1v) is 18.0. The summed E-state index contributed by atoms with van der Waals surface area (Å²) in [6.45, 7) is 8.38. The average molecular weight is 628 g/mol. The summed E-state index contributed by atoms with van der Waals surface area (Å²) in [6, 6.07) is 64.1. The van der Waals surface area contributed by atoms with Crippen molar-refractivity contribution in [1.29, 1.82) is 5.26 Å². The van der Waals surface area contributed by atoms with Crippen molar-refractivity contribution in [3.63, 3.8) is 0 Å². The number of nitrogens with zero attached hydrogens (tertiary/aromatic N) is 3. The van der Waals surface area contributed by atoms with Crippen LogP contribution in [0.15, 0.2) is 176 Å². The minimum absolute atomic E-state index is 0.570. The SMILES string of the molecule is [C-]#[N+]c1cccc(-c2ccccc2[Si](c2ccccc2)(c2ccccc2)c2ccccc2)c1-n1c2ccccc2c2cc(C#N)ccc21. The number of aromatic nitrogens is 1. The summed E-state index contributed by atoms with van der Waals surface area (Å²) in [5, 5.41) is 16.9. The number of nitriles is 1. The first-order chi connectivity index (χ1) is 23.8. The number of fused-ring (bicyclic) bond motifs is 3. The van der Waals surface area contributed by atoms with Gasteiger partial charge in [0.2, 0.25) is 5.69 Å². The lowest BCUT2D eigenvalue weighted by Gasteiger charge is -2.36. The number of hydrogen-bond acceptors (Lipinski definition) is 1. The molecule has 4 heteroatoms. The fourth-order valence-electron chi connectivity index (χ4n) is 7.43. The van der Waals surface area contributed by atoms with Gasteiger partial charge in [0.1, 0.15) is 0 Å². The third kappa shape index (κ3) is 4.48. The molecule has 0 fully saturated rings. The predicted octanol–water partition coefficient (Wildman–Crippen LogP) is 8.25. The minimum Gasteiger partial charge on any atom is -0.318 e. The topological polar surface area (TPSA) is 33.1 Å². The molecule has 0 aliphatic rings. The Morgan fingerprint density at radius 1 is 0.521 bits per heavy atom. The lowest BCUT2D eigenvalue weighted by molar-refractivity contribution is 1.19. The zero-order valence-electron chi connectivity index (χ0n) is 26.1. The van der Waals surface area contributed by atoms with Crippen LogP contribution in [0.25, 0.3) is 43.5 Å². The van der Waals surface area contributed by atoms with Crippen LogP contribution in [0.4, 0.5) is 5.69 Å². The Balaban J connectivity index is 1.53. The normalized spacial score (nSPS) is 11.3. The molecule has 0 unspecified atom stereocenters. The van der Waals surface area contributed by atoms with Crippen LogP contribution in [0, 0.1) is 17.9 Å². The van der Waals surface area contributed by atoms with Gasteiger partial charge in [-0.1, -0.05) is 152 Å². The molecular weight excluding hydrogens is 599 g/mol. The van der Waals surface area contributed by atoms with E-state index in [0.29, 0.717) is 11.3 Å². The lowest BCUT2D eigenvalue weighted by Crippen LogP contribution is -2.75. The van der Waals surface area contributed by atoms with Crippen LogP contribution < -0.4 is 20.7 Å². The van der Waals surface area contributed by atoms with Gasteiger partial charge < -0.3 is 4.57 Å². The van der Waals surface area contributed by atoms with E-state index in [4.69, 9.17) is 6.57 Å². The quantitative estimate of drug-likeness (QED) is 0.104. The third-order valence-corrected chi connectivity index (χ3v) is 14.2. The molecule has 0 spiro atoms. The largest absolute Gasteiger partial charge is 0.318 e. The Kier molecular flexibility index (Phi) is 7.27. The van der Waals surface area contributed by atoms with Crippen LogP contribution in [0.1, 0.15) is 5.56 Å². The van der Waals surface area contributed by atoms with Crippen molar-refractivity contribution in [3.05, 3.63) is 193 Å². The van der Waals surface area contributed by atoms with E-state index in [1.165, 1.54) is 20.7 Å². The molecule has 224 valence electrons. The Morgan fingerprint density at radius 2 is 1.06 bits per heavy atom. The molecule has 48 heavy (non-hydrogen) atoms. The zero-order chi connectivity index (χ0) is 32.5. The van der Waals surface area contributed by atoms with Crippen molar-refractivity contribution in [2.45, 2.75) is 0 Å². The van der Waals surface area contributed by atoms with Crippen LogP contribution in [0.2, 0.25) is 0 Å². The van der Waals surface area contributed by atoms with E-state index < -0.39 is 8.07 Å². The standard InChI is InChI=1S/C44H29N3Si/c1-46-40-25-15-24-38(44(40)47-41-26-13-11-22-36(41)39-30-32(31-45)28-29-42(39)47)37-23-12-14-27-43(37)48(33-16-5-2-6-17-33,34-18-7-3-8-19-34)35-20-9-4-10-21-35/h2-30H. The van der Waals surface area contributed by atoms with Crippen molar-refractivity contribution in [2.24, 2.45) is 0 Å². The second-order valence-corrected chi connectivity index (χ2v) is 15.6. The Labute approximate surface area is 281 Å². The zero-order valence-corrected chi connectivity index (χ0v) is 27.1. The van der Waals surface area contributed by atoms with Crippen LogP contribution in [-0.2, 0) is 0 Å². The predicted molar refractivity (Wildman–Crippen MR) is 201 cm³/mol. The first-order valence-electron chi connectivity index (χ1n) is 16.0. The van der Waals surface area contributed by atoms with Gasteiger partial charge in [-0.15, -0.1) is 0 Å². The highest BCUT2D eigenvalue weighted by atomic mass is 28.3. The van der Waals surface area contributed by atoms with E-state index in [-0.39, 0.29) is 0 Å². The van der Waals surface area contributed by atoms with E-state index in [9.17, 15) is 5.26 Å². The highest BCUT2D eigenvalue weighted by Gasteiger charge is 2.43. The van der Waals surface area contributed by atoms with E-state index in [2.05, 4.69) is 149 Å². The van der Waals surface area contributed by atoms with Crippen molar-refractivity contribution in [3.8, 4) is 22.9 Å². The highest BCUT2D eigenvalue weighted by molar-refractivity contribution is 7.20. The molecule has 1 aromatic heterocycles. The van der Waals surface area contributed by atoms with Gasteiger partial charge in [-0.25, -0.2) is 4.85 Å². The van der Waals surface area contributed by atoms with Crippen LogP contribution >= 0.6 is 0 Å². The summed E-state index contributed by atoms with van der Waals surface area (Å²) in [4.78, 5) is 4.11. The van der Waals surface area contributed by atoms with Gasteiger partial charge in [-0.2, -0.15) is 5.26 Å². The number of hydrogen-bond donors (Lipinski definition) is 0. The maximum Gasteiger partial charge on any atom is 0.211 e. The fraction of sp³-hybridized carbons (Fsp3) is 0. The molecule has 0 bridgehead atoms. The monoisotopic (exact) mass is 627 g/mol. The maximum atomic E-state index is 9.76. The molecule has 0 saturated carbocycles. The molecule has 0 atom stereocenters. The van der Waals surface area contributed by atoms with Crippen molar-refractivity contribution in [1.82, 2.24) is 4.57 Å². The molecule has 0 N–H and O–H groups in total. The molecule has 1 heterocycles. The Morgan fingerprint density at radius 3 is 1.69 bits per heavy atom. The minimum atomic E-state index is -2.91. The van der Waals surface area contributed by atoms with Crippen LogP contribution in [-0.4, -0.2) is 12.6 Å². The second-order valence-electron chi connectivity index (χ2n) is 11.9. The van der Waals surface area contributed by atoms with Gasteiger partial charge in [0.05, 0.1) is 34.9 Å². The molecule has 7 aromatic carbocycles. The van der Waals surface area contributed by atoms with Gasteiger partial charge in [0.25, 0.3) is 0 Å². The van der Waals surface area contributed by atoms with Gasteiger partial charge in [-0.05, 0) is 56.1 Å². The molecule has 0 saturated heterocycles. The van der Waals surface area contributed by atoms with Gasteiger partial charge in [-0.3, -0.25) is 0 Å². The number of benzene rings is 7. The van der Waals surface area contributed by atoms with Crippen LogP contribution in [0.5, 0.6) is 0 Å². The highest BCUT2D eigenvalue weighted by Crippen LogP contribution is 2.41. The molecule has 3 nitrogen and oxygen atoms in total. The van der Waals surface area contributed by atoms with E-state index >= 15 is 0 Å². The smallest absolute Gasteiger partial charge is 0.211 e. The summed E-state index contributed by atoms with van der Waals surface area (Å²) >= 11 is 0. The maximum absolute atomic E-state index is 9.76. The van der Waals surface area contributed by atoms with E-state index in [1.54, 1.807) is 0 Å². The summed E-state index contributed by atoms with van der Waals surface area (Å²) in [7, 11) is -2.91. The van der Waals surface area contributed by atoms with Gasteiger partial charge in [0.15, 0.2) is 8.07 Å². The van der Waals surface area contributed by atoms with E-state index in [0.717, 1.165) is 38.6 Å². The Bertz CT molecular complexity index is 2430. The summed E-state index contributed by atoms with van der Waals surface area (Å²) in [5.74, 6) is 0. The first kappa shape index (κ1) is 29.0. The number of rotatable bonds is 6. The summed E-state index contributed by atoms with van der Waals surface area (Å²) in [6.07, 6.45) is 0. The molecule has 0 aliphatic heterocycles. The van der Waals surface area contributed by atoms with Crippen molar-refractivity contribution < 1.29 is 0 Å². The second kappa shape index (κ2) is 12.0. The van der Waals surface area contributed by atoms with Gasteiger partial charge >= 0.3 is 0 Å². The van der Waals surface area contributed by atoms with Crippen molar-refractivity contribution in [2.75, 3.05) is 0 Å². The molecule has 8 rings (SSSR count). The molecule has 0 amide bonds. The fourth-order valence-corrected chi connectivity index (χ4v) is 12.4. The molecular formula is C44H29N3Si. The number of para-hydroxylation sites is 2. The van der Waals surface area contributed by atoms with Gasteiger partial charge in [0, 0.05) is 10.8 Å². The third-order valence-electron chi connectivity index (χ3n) is 9.40. The Hall–Kier alpha value is -6.46. The summed E-state index contributed by atoms with van der Waals surface area (Å²) in [5.41, 5.74) is 6.07. The lowest BCUT2D eigenvalue weighted by atomic mass is 10.0. The van der Waals surface area contributed by atoms with Crippen LogP contribution in [0.3, 0.4) is 0 Å². The van der Waals surface area contributed by atoms with E-state index in [1.807, 2.05) is 42.5 Å². The average Bonchev–Trinajstić information content (AvgIpc) is 3.49. The van der Waals surface area contributed by atoms with Crippen molar-refractivity contribution >= 4 is 56.3 Å². The summed E-state index contributed by atoms with van der Waals surface area (Å²) < 4.78 is 2.22. The molecule has 0 aliphatic carbocycles. The molecule has 0 radical (unpaired) electrons. The molecule has 8 aromatic rings.